The number of amides is 1. The first-order valence-electron chi connectivity index (χ1n) is 7.65. The minimum atomic E-state index is -0.376. The van der Waals surface area contributed by atoms with Crippen LogP contribution in [-0.4, -0.2) is 30.4 Å². The largest absolute Gasteiger partial charge is 0.504 e. The van der Waals surface area contributed by atoms with Gasteiger partial charge in [0.15, 0.2) is 11.5 Å². The number of hydrogen-bond donors (Lipinski definition) is 3. The van der Waals surface area contributed by atoms with Crippen LogP contribution in [0.25, 0.3) is 0 Å². The number of rotatable bonds is 7. The van der Waals surface area contributed by atoms with E-state index in [1.807, 2.05) is 37.3 Å². The van der Waals surface area contributed by atoms with E-state index in [2.05, 4.69) is 15.8 Å². The van der Waals surface area contributed by atoms with Crippen molar-refractivity contribution in [2.24, 2.45) is 5.10 Å². The molecule has 0 aliphatic heterocycles. The highest BCUT2D eigenvalue weighted by molar-refractivity contribution is 5.87. The van der Waals surface area contributed by atoms with Gasteiger partial charge in [-0.2, -0.15) is 5.10 Å². The second kappa shape index (κ2) is 8.57. The summed E-state index contributed by atoms with van der Waals surface area (Å²) in [6.45, 7) is 1.93. The molecule has 0 spiro atoms. The predicted octanol–water partition coefficient (Wildman–Crippen LogP) is 2.74. The van der Waals surface area contributed by atoms with E-state index in [0.29, 0.717) is 17.7 Å². The van der Waals surface area contributed by atoms with Crippen LogP contribution in [0.1, 0.15) is 18.9 Å². The highest BCUT2D eigenvalue weighted by atomic mass is 16.5. The minimum Gasteiger partial charge on any atom is -0.504 e. The van der Waals surface area contributed by atoms with E-state index < -0.39 is 0 Å². The SMILES string of the molecule is CC[C@@H](Nc1ccccc1)C(=O)N/N=C\c1ccc(O)c(OC)c1. The number of carbonyl (C=O) groups excluding carboxylic acids is 1. The van der Waals surface area contributed by atoms with Crippen LogP contribution in [0.4, 0.5) is 5.69 Å². The summed E-state index contributed by atoms with van der Waals surface area (Å²) in [6, 6.07) is 14.0. The van der Waals surface area contributed by atoms with Crippen molar-refractivity contribution >= 4 is 17.8 Å². The number of nitrogens with zero attached hydrogens (tertiary/aromatic N) is 1. The highest BCUT2D eigenvalue weighted by Crippen LogP contribution is 2.25. The molecule has 0 aromatic heterocycles. The molecular weight excluding hydrogens is 306 g/mol. The number of phenolic OH excluding ortho intramolecular Hbond substituents is 1. The smallest absolute Gasteiger partial charge is 0.262 e. The van der Waals surface area contributed by atoms with Crippen LogP contribution in [0, 0.1) is 0 Å². The molecule has 0 bridgehead atoms. The molecule has 0 aliphatic carbocycles. The molecule has 1 amide bonds. The fourth-order valence-electron chi connectivity index (χ4n) is 2.11. The molecule has 0 saturated heterocycles. The lowest BCUT2D eigenvalue weighted by atomic mass is 10.2. The minimum absolute atomic E-state index is 0.0526. The van der Waals surface area contributed by atoms with E-state index in [-0.39, 0.29) is 17.7 Å². The quantitative estimate of drug-likeness (QED) is 0.539. The first-order valence-corrected chi connectivity index (χ1v) is 7.65. The number of phenols is 1. The normalized spacial score (nSPS) is 11.9. The standard InChI is InChI=1S/C18H21N3O3/c1-3-15(20-14-7-5-4-6-8-14)18(23)21-19-12-13-9-10-16(22)17(11-13)24-2/h4-12,15,20,22H,3H2,1-2H3,(H,21,23)/b19-12-/t15-/m1/s1. The average Bonchev–Trinajstić information content (AvgIpc) is 2.61. The molecule has 126 valence electrons. The Labute approximate surface area is 141 Å². The molecule has 0 unspecified atom stereocenters. The number of carbonyl (C=O) groups is 1. The maximum absolute atomic E-state index is 12.2. The molecular formula is C18H21N3O3. The van der Waals surface area contributed by atoms with Gasteiger partial charge in [-0.1, -0.05) is 25.1 Å². The Morgan fingerprint density at radius 2 is 2.04 bits per heavy atom. The maximum Gasteiger partial charge on any atom is 0.262 e. The van der Waals surface area contributed by atoms with Crippen LogP contribution in [0.2, 0.25) is 0 Å². The summed E-state index contributed by atoms with van der Waals surface area (Å²) in [4.78, 5) is 12.2. The second-order valence-electron chi connectivity index (χ2n) is 5.14. The number of methoxy groups -OCH3 is 1. The van der Waals surface area contributed by atoms with Gasteiger partial charge < -0.3 is 15.2 Å². The Hall–Kier alpha value is -3.02. The Morgan fingerprint density at radius 1 is 1.29 bits per heavy atom. The number of hydrogen-bond acceptors (Lipinski definition) is 5. The van der Waals surface area contributed by atoms with Gasteiger partial charge in [-0.25, -0.2) is 5.43 Å². The van der Waals surface area contributed by atoms with E-state index in [1.165, 1.54) is 19.4 Å². The third-order valence-electron chi connectivity index (χ3n) is 3.43. The average molecular weight is 327 g/mol. The van der Waals surface area contributed by atoms with E-state index in [0.717, 1.165) is 5.69 Å². The van der Waals surface area contributed by atoms with Gasteiger partial charge in [-0.05, 0) is 42.3 Å². The zero-order chi connectivity index (χ0) is 17.4. The summed E-state index contributed by atoms with van der Waals surface area (Å²) in [6.07, 6.45) is 2.12. The van der Waals surface area contributed by atoms with Gasteiger partial charge in [-0.3, -0.25) is 4.79 Å². The fraction of sp³-hybridized carbons (Fsp3) is 0.222. The number of ether oxygens (including phenoxy) is 1. The van der Waals surface area contributed by atoms with E-state index >= 15 is 0 Å². The van der Waals surface area contributed by atoms with Crippen molar-refractivity contribution in [3.05, 3.63) is 54.1 Å². The third kappa shape index (κ3) is 4.74. The van der Waals surface area contributed by atoms with Crippen molar-refractivity contribution in [2.75, 3.05) is 12.4 Å². The van der Waals surface area contributed by atoms with Gasteiger partial charge in [-0.15, -0.1) is 0 Å². The van der Waals surface area contributed by atoms with Gasteiger partial charge in [0.05, 0.1) is 13.3 Å². The summed E-state index contributed by atoms with van der Waals surface area (Å²) >= 11 is 0. The molecule has 6 heteroatoms. The van der Waals surface area contributed by atoms with Crippen molar-refractivity contribution < 1.29 is 14.6 Å². The monoisotopic (exact) mass is 327 g/mol. The molecule has 1 atom stereocenters. The number of aromatic hydroxyl groups is 1. The predicted molar refractivity (Wildman–Crippen MR) is 94.5 cm³/mol. The van der Waals surface area contributed by atoms with E-state index in [9.17, 15) is 9.90 Å². The summed E-state index contributed by atoms with van der Waals surface area (Å²) in [5, 5.41) is 16.7. The number of anilines is 1. The topological polar surface area (TPSA) is 83.0 Å². The molecule has 3 N–H and O–H groups in total. The zero-order valence-electron chi connectivity index (χ0n) is 13.7. The van der Waals surface area contributed by atoms with Crippen LogP contribution in [0.5, 0.6) is 11.5 Å². The summed E-state index contributed by atoms with van der Waals surface area (Å²) in [5.41, 5.74) is 4.10. The Balaban J connectivity index is 1.95. The number of nitrogens with one attached hydrogen (secondary N) is 2. The van der Waals surface area contributed by atoms with Gasteiger partial charge in [0.2, 0.25) is 0 Å². The molecule has 0 heterocycles. The number of benzene rings is 2. The molecule has 0 saturated carbocycles. The van der Waals surface area contributed by atoms with Crippen LogP contribution in [-0.2, 0) is 4.79 Å². The first kappa shape index (κ1) is 17.3. The molecule has 0 radical (unpaired) electrons. The van der Waals surface area contributed by atoms with Gasteiger partial charge >= 0.3 is 0 Å². The van der Waals surface area contributed by atoms with Crippen LogP contribution >= 0.6 is 0 Å². The van der Waals surface area contributed by atoms with Gasteiger partial charge in [0.25, 0.3) is 5.91 Å². The van der Waals surface area contributed by atoms with Crippen molar-refractivity contribution in [3.8, 4) is 11.5 Å². The second-order valence-corrected chi connectivity index (χ2v) is 5.14. The lowest BCUT2D eigenvalue weighted by Crippen LogP contribution is -2.36. The Morgan fingerprint density at radius 3 is 2.71 bits per heavy atom. The molecule has 2 aromatic rings. The van der Waals surface area contributed by atoms with Crippen LogP contribution in [0.3, 0.4) is 0 Å². The molecule has 0 fully saturated rings. The molecule has 24 heavy (non-hydrogen) atoms. The lowest BCUT2D eigenvalue weighted by molar-refractivity contribution is -0.121. The maximum atomic E-state index is 12.2. The van der Waals surface area contributed by atoms with Crippen molar-refractivity contribution in [1.29, 1.82) is 0 Å². The van der Waals surface area contributed by atoms with Crippen molar-refractivity contribution in [2.45, 2.75) is 19.4 Å². The lowest BCUT2D eigenvalue weighted by Gasteiger charge is -2.16. The highest BCUT2D eigenvalue weighted by Gasteiger charge is 2.15. The first-order chi connectivity index (χ1) is 11.6. The third-order valence-corrected chi connectivity index (χ3v) is 3.43. The molecule has 0 aliphatic rings. The zero-order valence-corrected chi connectivity index (χ0v) is 13.7. The number of para-hydroxylation sites is 1. The van der Waals surface area contributed by atoms with Crippen LogP contribution in [0.15, 0.2) is 53.6 Å². The fourth-order valence-corrected chi connectivity index (χ4v) is 2.11. The summed E-state index contributed by atoms with van der Waals surface area (Å²) < 4.78 is 5.03. The van der Waals surface area contributed by atoms with Gasteiger partial charge in [0.1, 0.15) is 6.04 Å². The Kier molecular flexibility index (Phi) is 6.19. The van der Waals surface area contributed by atoms with Crippen molar-refractivity contribution in [3.63, 3.8) is 0 Å². The molecule has 2 aromatic carbocycles. The summed E-state index contributed by atoms with van der Waals surface area (Å²) in [7, 11) is 1.47. The van der Waals surface area contributed by atoms with Crippen LogP contribution < -0.4 is 15.5 Å². The molecule has 2 rings (SSSR count). The summed E-state index contributed by atoms with van der Waals surface area (Å²) in [5.74, 6) is 0.183. The van der Waals surface area contributed by atoms with Gasteiger partial charge in [0, 0.05) is 5.69 Å². The van der Waals surface area contributed by atoms with E-state index in [4.69, 9.17) is 4.74 Å². The molecule has 6 nitrogen and oxygen atoms in total. The number of hydrazone groups is 1. The Bertz CT molecular complexity index is 702. The van der Waals surface area contributed by atoms with Crippen molar-refractivity contribution in [1.82, 2.24) is 5.43 Å². The van der Waals surface area contributed by atoms with E-state index in [1.54, 1.807) is 12.1 Å².